The third-order valence-electron chi connectivity index (χ3n) is 7.60. The number of nitrogens with one attached hydrogen (secondary N) is 1. The van der Waals surface area contributed by atoms with E-state index in [9.17, 15) is 41.2 Å². The van der Waals surface area contributed by atoms with Crippen LogP contribution in [0.2, 0.25) is 0 Å². The molecule has 0 bridgehead atoms. The summed E-state index contributed by atoms with van der Waals surface area (Å²) in [6.45, 7) is 4.05. The Labute approximate surface area is 289 Å². The molecule has 2 heterocycles. The number of hydrogen-bond acceptors (Lipinski definition) is 10. The fraction of sp³-hybridized carbons (Fsp3) is 0.250. The second-order valence-electron chi connectivity index (χ2n) is 11.0. The molecule has 0 saturated carbocycles. The summed E-state index contributed by atoms with van der Waals surface area (Å²) in [5.74, 6) is -1.23. The minimum atomic E-state index is -4.73. The minimum Gasteiger partial charge on any atom is -0.569 e. The lowest BCUT2D eigenvalue weighted by molar-refractivity contribution is -0.712. The van der Waals surface area contributed by atoms with Gasteiger partial charge in [-0.15, -0.1) is 5.01 Å². The topological polar surface area (TPSA) is 179 Å². The summed E-state index contributed by atoms with van der Waals surface area (Å²) in [5.41, 5.74) is 0.816. The van der Waals surface area contributed by atoms with E-state index in [2.05, 4.69) is 10.4 Å². The summed E-state index contributed by atoms with van der Waals surface area (Å²) in [5, 5.41) is 20.6. The largest absolute Gasteiger partial charge is 0.569 e. The van der Waals surface area contributed by atoms with E-state index in [0.717, 1.165) is 38.4 Å². The number of hydrazine groups is 1. The Hall–Kier alpha value is -5.98. The van der Waals surface area contributed by atoms with Gasteiger partial charge in [-0.1, -0.05) is 42.0 Å². The molecule has 268 valence electrons. The van der Waals surface area contributed by atoms with Gasteiger partial charge in [-0.25, -0.2) is 27.5 Å². The molecule has 1 unspecified atom stereocenters. The van der Waals surface area contributed by atoms with Gasteiger partial charge in [0.05, 0.1) is 38.9 Å². The summed E-state index contributed by atoms with van der Waals surface area (Å²) >= 11 is 0. The lowest BCUT2D eigenvalue weighted by atomic mass is 10.1. The van der Waals surface area contributed by atoms with E-state index in [1.165, 1.54) is 31.2 Å². The number of aryl methyl sites for hydroxylation is 1. The molecule has 4 aromatic rings. The highest BCUT2D eigenvalue weighted by molar-refractivity contribution is 7.90. The number of carbonyl (C=O) groups is 3. The summed E-state index contributed by atoms with van der Waals surface area (Å²) in [6.07, 6.45) is -7.34. The Morgan fingerprint density at radius 3 is 2.22 bits per heavy atom. The average molecular weight is 730 g/mol. The maximum absolute atomic E-state index is 13.5. The van der Waals surface area contributed by atoms with Crippen molar-refractivity contribution in [1.82, 2.24) is 24.4 Å². The van der Waals surface area contributed by atoms with E-state index in [0.29, 0.717) is 5.56 Å². The first-order valence-electron chi connectivity index (χ1n) is 15.2. The lowest BCUT2D eigenvalue weighted by Gasteiger charge is -2.20. The maximum atomic E-state index is 13.5. The predicted octanol–water partition coefficient (Wildman–Crippen LogP) is 5.05. The highest BCUT2D eigenvalue weighted by atomic mass is 32.2. The van der Waals surface area contributed by atoms with Crippen LogP contribution in [0.4, 0.5) is 18.0 Å². The van der Waals surface area contributed by atoms with Gasteiger partial charge in [0.25, 0.3) is 21.8 Å². The highest BCUT2D eigenvalue weighted by Gasteiger charge is 2.40. The summed E-state index contributed by atoms with van der Waals surface area (Å²) in [7, 11) is -4.49. The molecule has 0 fully saturated rings. The van der Waals surface area contributed by atoms with Crippen molar-refractivity contribution in [2.24, 2.45) is 5.28 Å². The van der Waals surface area contributed by atoms with Crippen molar-refractivity contribution in [2.75, 3.05) is 19.7 Å². The number of fused-ring (bicyclic) bond motifs is 1. The van der Waals surface area contributed by atoms with Crippen LogP contribution in [-0.4, -0.2) is 76.9 Å². The number of alkyl halides is 3. The molecular formula is C32H30F3N7O8S. The summed E-state index contributed by atoms with van der Waals surface area (Å²) in [4.78, 5) is 43.1. The number of amides is 3. The number of rotatable bonds is 12. The monoisotopic (exact) mass is 729 g/mol. The second-order valence-corrected chi connectivity index (χ2v) is 12.7. The molecule has 1 aliphatic heterocycles. The number of ether oxygens (including phenoxy) is 1. The number of hydrogen-bond donors (Lipinski definition) is 1. The number of likely N-dealkylation sites (N-methyl/N-ethyl adjacent to an activating group) is 1. The Morgan fingerprint density at radius 2 is 1.65 bits per heavy atom. The van der Waals surface area contributed by atoms with Crippen LogP contribution < -0.4 is 4.72 Å². The van der Waals surface area contributed by atoms with Crippen LogP contribution in [0.3, 0.4) is 0 Å². The first kappa shape index (κ1) is 36.3. The van der Waals surface area contributed by atoms with Crippen LogP contribution in [0.1, 0.15) is 45.8 Å². The first-order valence-corrected chi connectivity index (χ1v) is 16.7. The molecule has 51 heavy (non-hydrogen) atoms. The van der Waals surface area contributed by atoms with Crippen LogP contribution in [-0.2, 0) is 25.8 Å². The zero-order valence-corrected chi connectivity index (χ0v) is 28.0. The van der Waals surface area contributed by atoms with E-state index in [4.69, 9.17) is 9.57 Å². The van der Waals surface area contributed by atoms with Crippen LogP contribution in [0.25, 0.3) is 16.9 Å². The van der Waals surface area contributed by atoms with Gasteiger partial charge in [0.15, 0.2) is 5.69 Å². The molecular weight excluding hydrogens is 699 g/mol. The molecule has 1 aliphatic rings. The standard InChI is InChI=1S/C32H30F3N7O8S/c1-4-39(42(46)38-50-21(3)40-29(43)25-7-5-6-8-26(25)30(40)44)17-18-49-31(45)37-51(47,48)24-15-13-23(14-16-24)41-27(19-28(36-41)32(33,34)35)22-11-9-20(2)10-12-22/h5-16,19,21H,4,17-18H2,1-3H3,(H,37,45)/b42-38+. The second kappa shape index (κ2) is 14.5. The fourth-order valence-corrected chi connectivity index (χ4v) is 5.86. The van der Waals surface area contributed by atoms with Crippen LogP contribution in [0.5, 0.6) is 0 Å². The van der Waals surface area contributed by atoms with Crippen molar-refractivity contribution in [3.05, 3.63) is 106 Å². The first-order chi connectivity index (χ1) is 24.1. The Kier molecular flexibility index (Phi) is 10.3. The molecule has 1 aromatic heterocycles. The number of halogens is 3. The van der Waals surface area contributed by atoms with E-state index in [1.807, 2.05) is 6.92 Å². The summed E-state index contributed by atoms with van der Waals surface area (Å²) < 4.78 is 74.0. The van der Waals surface area contributed by atoms with Crippen molar-refractivity contribution >= 4 is 27.9 Å². The zero-order valence-electron chi connectivity index (χ0n) is 27.2. The van der Waals surface area contributed by atoms with Gasteiger partial charge >= 0.3 is 12.3 Å². The molecule has 1 N–H and O–H groups in total. The molecule has 3 aromatic carbocycles. The van der Waals surface area contributed by atoms with Crippen molar-refractivity contribution in [3.63, 3.8) is 0 Å². The number of benzene rings is 3. The van der Waals surface area contributed by atoms with Crippen molar-refractivity contribution < 1.29 is 50.5 Å². The van der Waals surface area contributed by atoms with E-state index >= 15 is 0 Å². The van der Waals surface area contributed by atoms with Gasteiger partial charge in [0.2, 0.25) is 11.5 Å². The fourth-order valence-electron chi connectivity index (χ4n) is 4.96. The quantitative estimate of drug-likeness (QED) is 0.0898. The molecule has 3 amide bonds. The zero-order chi connectivity index (χ0) is 37.1. The van der Waals surface area contributed by atoms with Crippen LogP contribution in [0.15, 0.2) is 89.0 Å². The normalized spacial score (nSPS) is 13.9. The molecule has 0 radical (unpaired) electrons. The molecule has 0 aliphatic carbocycles. The number of imide groups is 1. The van der Waals surface area contributed by atoms with Crippen molar-refractivity contribution in [2.45, 2.75) is 38.1 Å². The molecule has 15 nitrogen and oxygen atoms in total. The Balaban J connectivity index is 1.17. The van der Waals surface area contributed by atoms with Gasteiger partial charge in [0.1, 0.15) is 13.2 Å². The minimum absolute atomic E-state index is 0.0236. The molecule has 5 rings (SSSR count). The number of nitrogens with zero attached hydrogens (tertiary/aromatic N) is 6. The maximum Gasteiger partial charge on any atom is 0.435 e. The molecule has 0 saturated heterocycles. The lowest BCUT2D eigenvalue weighted by Crippen LogP contribution is -2.40. The predicted molar refractivity (Wildman–Crippen MR) is 171 cm³/mol. The Bertz CT molecular complexity index is 2050. The Morgan fingerprint density at radius 1 is 1.04 bits per heavy atom. The van der Waals surface area contributed by atoms with Gasteiger partial charge in [-0.3, -0.25) is 9.59 Å². The number of aromatic nitrogens is 2. The van der Waals surface area contributed by atoms with Crippen molar-refractivity contribution in [3.8, 4) is 16.9 Å². The molecule has 1 atom stereocenters. The summed E-state index contributed by atoms with van der Waals surface area (Å²) in [6, 6.07) is 18.4. The smallest absolute Gasteiger partial charge is 0.435 e. The van der Waals surface area contributed by atoms with E-state index in [-0.39, 0.29) is 40.6 Å². The van der Waals surface area contributed by atoms with Crippen molar-refractivity contribution in [1.29, 1.82) is 0 Å². The third kappa shape index (κ3) is 7.93. The number of sulfonamides is 1. The molecule has 19 heteroatoms. The van der Waals surface area contributed by atoms with Gasteiger partial charge in [0, 0.05) is 5.56 Å². The molecule has 0 spiro atoms. The van der Waals surface area contributed by atoms with Gasteiger partial charge in [-0.05, 0) is 63.2 Å². The van der Waals surface area contributed by atoms with Crippen LogP contribution >= 0.6 is 0 Å². The van der Waals surface area contributed by atoms with E-state index < -0.39 is 57.5 Å². The van der Waals surface area contributed by atoms with E-state index in [1.54, 1.807) is 48.0 Å². The third-order valence-corrected chi connectivity index (χ3v) is 8.93. The highest BCUT2D eigenvalue weighted by Crippen LogP contribution is 2.33. The number of carbonyl (C=O) groups excluding carboxylic acids is 3. The van der Waals surface area contributed by atoms with Gasteiger partial charge in [-0.2, -0.15) is 18.3 Å². The SMILES string of the molecule is CCN(CCOC(=O)NS(=O)(=O)c1ccc(-n2nc(C(F)(F)F)cc2-c2ccc(C)cc2)cc1)/[N+]([O-])=N\OC(C)N1C(=O)c2ccccc2C1=O. The average Bonchev–Trinajstić information content (AvgIpc) is 3.65. The van der Waals surface area contributed by atoms with Crippen LogP contribution in [0, 0.1) is 12.1 Å². The van der Waals surface area contributed by atoms with Gasteiger partial charge < -0.3 is 14.8 Å².